The molecule has 0 bridgehead atoms. The van der Waals surface area contributed by atoms with Gasteiger partial charge in [0.15, 0.2) is 0 Å². The first-order valence-corrected chi connectivity index (χ1v) is 9.42. The number of benzene rings is 3. The van der Waals surface area contributed by atoms with Gasteiger partial charge >= 0.3 is 0 Å². The number of hydrogen-bond donors (Lipinski definition) is 0. The molecule has 132 valence electrons. The Balaban J connectivity index is 1.45. The van der Waals surface area contributed by atoms with Gasteiger partial charge in [-0.15, -0.1) is 0 Å². The minimum absolute atomic E-state index is 0.176. The maximum Gasteiger partial charge on any atom is 0.123 e. The van der Waals surface area contributed by atoms with Crippen LogP contribution in [0, 0.1) is 11.7 Å². The second kappa shape index (κ2) is 7.74. The summed E-state index contributed by atoms with van der Waals surface area (Å²) in [6, 6.07) is 28.7. The third-order valence-electron chi connectivity index (χ3n) is 5.40. The van der Waals surface area contributed by atoms with Gasteiger partial charge in [-0.1, -0.05) is 60.7 Å². The van der Waals surface area contributed by atoms with Crippen LogP contribution in [0.2, 0.25) is 0 Å². The summed E-state index contributed by atoms with van der Waals surface area (Å²) >= 11 is 0. The monoisotopic (exact) mass is 345 g/mol. The highest BCUT2D eigenvalue weighted by Gasteiger charge is 2.39. The Labute approximate surface area is 155 Å². The average molecular weight is 345 g/mol. The summed E-state index contributed by atoms with van der Waals surface area (Å²) in [7, 11) is 0. The minimum atomic E-state index is -0.176. The first-order chi connectivity index (χ1) is 12.8. The second-order valence-electron chi connectivity index (χ2n) is 7.12. The standard InChI is InChI=1S/C24H24FN/c25-22-14-16-23(17-15-22)26-18-21(24(26)20-11-5-2-6-12-20)13-7-10-19-8-3-1-4-9-19/h1-6,8-9,11-12,14-17,21,24H,7,10,13,18H2/t21-,24+/m0/s1. The summed E-state index contributed by atoms with van der Waals surface area (Å²) < 4.78 is 13.3. The van der Waals surface area contributed by atoms with Crippen LogP contribution < -0.4 is 4.90 Å². The van der Waals surface area contributed by atoms with Gasteiger partial charge in [0.05, 0.1) is 6.04 Å². The Morgan fingerprint density at radius 3 is 2.15 bits per heavy atom. The van der Waals surface area contributed by atoms with Crippen molar-refractivity contribution >= 4 is 5.69 Å². The molecule has 2 atom stereocenters. The predicted molar refractivity (Wildman–Crippen MR) is 106 cm³/mol. The van der Waals surface area contributed by atoms with Gasteiger partial charge < -0.3 is 4.90 Å². The Bertz CT molecular complexity index is 814. The minimum Gasteiger partial charge on any atom is -0.364 e. The van der Waals surface area contributed by atoms with E-state index in [1.165, 1.54) is 24.0 Å². The first kappa shape index (κ1) is 16.8. The molecule has 1 saturated heterocycles. The first-order valence-electron chi connectivity index (χ1n) is 9.42. The highest BCUT2D eigenvalue weighted by atomic mass is 19.1. The molecule has 4 rings (SSSR count). The molecule has 2 heteroatoms. The van der Waals surface area contributed by atoms with E-state index in [-0.39, 0.29) is 5.82 Å². The van der Waals surface area contributed by atoms with Gasteiger partial charge in [0.25, 0.3) is 0 Å². The molecule has 0 unspecified atom stereocenters. The highest BCUT2D eigenvalue weighted by molar-refractivity contribution is 5.52. The normalized spacial score (nSPS) is 19.2. The quantitative estimate of drug-likeness (QED) is 0.527. The molecule has 1 aliphatic heterocycles. The molecule has 3 aromatic carbocycles. The summed E-state index contributed by atoms with van der Waals surface area (Å²) in [6.45, 7) is 1.04. The summed E-state index contributed by atoms with van der Waals surface area (Å²) in [4.78, 5) is 2.40. The maximum atomic E-state index is 13.3. The van der Waals surface area contributed by atoms with E-state index < -0.39 is 0 Å². The third-order valence-corrected chi connectivity index (χ3v) is 5.40. The number of rotatable bonds is 6. The van der Waals surface area contributed by atoms with E-state index in [2.05, 4.69) is 65.6 Å². The molecular formula is C24H24FN. The lowest BCUT2D eigenvalue weighted by atomic mass is 9.79. The predicted octanol–water partition coefficient (Wildman–Crippen LogP) is 6.03. The van der Waals surface area contributed by atoms with Crippen molar-refractivity contribution in [3.63, 3.8) is 0 Å². The zero-order valence-electron chi connectivity index (χ0n) is 14.9. The van der Waals surface area contributed by atoms with Crippen LogP contribution in [0.25, 0.3) is 0 Å². The lowest BCUT2D eigenvalue weighted by molar-refractivity contribution is 0.274. The smallest absolute Gasteiger partial charge is 0.123 e. The second-order valence-corrected chi connectivity index (χ2v) is 7.12. The van der Waals surface area contributed by atoms with Crippen LogP contribution in [0.5, 0.6) is 0 Å². The summed E-state index contributed by atoms with van der Waals surface area (Å²) in [6.07, 6.45) is 3.55. The van der Waals surface area contributed by atoms with Crippen molar-refractivity contribution in [3.8, 4) is 0 Å². The SMILES string of the molecule is Fc1ccc(N2C[C@H](CCCc3ccccc3)[C@H]2c2ccccc2)cc1. The van der Waals surface area contributed by atoms with Crippen LogP contribution in [-0.4, -0.2) is 6.54 Å². The molecule has 26 heavy (non-hydrogen) atoms. The lowest BCUT2D eigenvalue weighted by Crippen LogP contribution is -2.49. The molecular weight excluding hydrogens is 321 g/mol. The number of nitrogens with zero attached hydrogens (tertiary/aromatic N) is 1. The molecule has 1 fully saturated rings. The van der Waals surface area contributed by atoms with Gasteiger partial charge in [-0.25, -0.2) is 4.39 Å². The average Bonchev–Trinajstić information content (AvgIpc) is 2.67. The fraction of sp³-hybridized carbons (Fsp3) is 0.250. The van der Waals surface area contributed by atoms with Gasteiger partial charge in [-0.2, -0.15) is 0 Å². The van der Waals surface area contributed by atoms with Crippen LogP contribution in [-0.2, 0) is 6.42 Å². The molecule has 0 spiro atoms. The summed E-state index contributed by atoms with van der Waals surface area (Å²) in [5, 5.41) is 0. The topological polar surface area (TPSA) is 3.24 Å². The molecule has 0 N–H and O–H groups in total. The molecule has 1 nitrogen and oxygen atoms in total. The van der Waals surface area contributed by atoms with Crippen molar-refractivity contribution in [1.82, 2.24) is 0 Å². The lowest BCUT2D eigenvalue weighted by Gasteiger charge is -2.50. The van der Waals surface area contributed by atoms with E-state index in [0.717, 1.165) is 18.7 Å². The van der Waals surface area contributed by atoms with Gasteiger partial charge in [0.1, 0.15) is 5.82 Å². The van der Waals surface area contributed by atoms with Crippen LogP contribution in [0.15, 0.2) is 84.9 Å². The summed E-state index contributed by atoms with van der Waals surface area (Å²) in [5.41, 5.74) is 3.88. The molecule has 1 heterocycles. The van der Waals surface area contributed by atoms with Gasteiger partial charge in [0.2, 0.25) is 0 Å². The van der Waals surface area contributed by atoms with Crippen molar-refractivity contribution < 1.29 is 4.39 Å². The van der Waals surface area contributed by atoms with Crippen LogP contribution in [0.1, 0.15) is 30.0 Å². The molecule has 0 aliphatic carbocycles. The highest BCUT2D eigenvalue weighted by Crippen LogP contribution is 2.44. The van der Waals surface area contributed by atoms with E-state index in [1.807, 2.05) is 12.1 Å². The van der Waals surface area contributed by atoms with Crippen molar-refractivity contribution in [2.24, 2.45) is 5.92 Å². The van der Waals surface area contributed by atoms with Crippen molar-refractivity contribution in [3.05, 3.63) is 102 Å². The number of aryl methyl sites for hydroxylation is 1. The fourth-order valence-electron chi connectivity index (χ4n) is 4.05. The molecule has 0 aromatic heterocycles. The zero-order valence-corrected chi connectivity index (χ0v) is 14.9. The maximum absolute atomic E-state index is 13.3. The van der Waals surface area contributed by atoms with E-state index >= 15 is 0 Å². The van der Waals surface area contributed by atoms with Crippen molar-refractivity contribution in [2.45, 2.75) is 25.3 Å². The Morgan fingerprint density at radius 1 is 0.808 bits per heavy atom. The fourth-order valence-corrected chi connectivity index (χ4v) is 4.05. The van der Waals surface area contributed by atoms with Crippen molar-refractivity contribution in [1.29, 1.82) is 0 Å². The van der Waals surface area contributed by atoms with Gasteiger partial charge in [0, 0.05) is 18.2 Å². The van der Waals surface area contributed by atoms with Gasteiger partial charge in [-0.05, 0) is 54.7 Å². The van der Waals surface area contributed by atoms with E-state index in [9.17, 15) is 4.39 Å². The third kappa shape index (κ3) is 3.65. The Morgan fingerprint density at radius 2 is 1.46 bits per heavy atom. The van der Waals surface area contributed by atoms with Crippen LogP contribution in [0.3, 0.4) is 0 Å². The van der Waals surface area contributed by atoms with Crippen LogP contribution in [0.4, 0.5) is 10.1 Å². The Kier molecular flexibility index (Phi) is 5.01. The molecule has 1 aliphatic rings. The van der Waals surface area contributed by atoms with E-state index in [4.69, 9.17) is 0 Å². The Hall–Kier alpha value is -2.61. The number of anilines is 1. The van der Waals surface area contributed by atoms with Crippen molar-refractivity contribution in [2.75, 3.05) is 11.4 Å². The van der Waals surface area contributed by atoms with Crippen LogP contribution >= 0.6 is 0 Å². The number of halogens is 1. The molecule has 0 radical (unpaired) electrons. The van der Waals surface area contributed by atoms with Gasteiger partial charge in [-0.3, -0.25) is 0 Å². The van der Waals surface area contributed by atoms with E-state index in [1.54, 1.807) is 12.1 Å². The summed E-state index contributed by atoms with van der Waals surface area (Å²) in [5.74, 6) is 0.469. The zero-order chi connectivity index (χ0) is 17.8. The molecule has 3 aromatic rings. The largest absolute Gasteiger partial charge is 0.364 e. The molecule has 0 amide bonds. The van der Waals surface area contributed by atoms with E-state index in [0.29, 0.717) is 12.0 Å². The number of hydrogen-bond acceptors (Lipinski definition) is 1. The molecule has 0 saturated carbocycles.